The molecule has 0 aliphatic heterocycles. The second-order valence-corrected chi connectivity index (χ2v) is 6.91. The highest BCUT2D eigenvalue weighted by Gasteiger charge is 2.14. The third-order valence-corrected chi connectivity index (χ3v) is 5.20. The second-order valence-electron chi connectivity index (χ2n) is 4.54. The second kappa shape index (κ2) is 6.49. The molecule has 1 aromatic heterocycles. The fourth-order valence-electron chi connectivity index (χ4n) is 1.87. The van der Waals surface area contributed by atoms with Crippen LogP contribution in [-0.2, 0) is 0 Å². The first-order chi connectivity index (χ1) is 9.96. The van der Waals surface area contributed by atoms with E-state index in [1.165, 1.54) is 11.3 Å². The molecule has 1 amide bonds. The maximum Gasteiger partial charge on any atom is 0.265 e. The minimum atomic E-state index is -0.135. The fraction of sp³-hybridized carbons (Fsp3) is 0.267. The number of carbonyl (C=O) groups excluding carboxylic acids is 1. The molecule has 0 bridgehead atoms. The smallest absolute Gasteiger partial charge is 0.265 e. The van der Waals surface area contributed by atoms with Crippen LogP contribution in [0.3, 0.4) is 0 Å². The van der Waals surface area contributed by atoms with Gasteiger partial charge in [-0.15, -0.1) is 11.3 Å². The third kappa shape index (κ3) is 3.39. The number of halogens is 1. The first-order valence-electron chi connectivity index (χ1n) is 6.26. The molecular weight excluding hydrogens is 354 g/mol. The molecule has 0 radical (unpaired) electrons. The number of methoxy groups -OCH3 is 2. The lowest BCUT2D eigenvalue weighted by Gasteiger charge is -2.13. The molecule has 0 aliphatic rings. The maximum atomic E-state index is 12.3. The molecule has 2 rings (SSSR count). The highest BCUT2D eigenvalue weighted by molar-refractivity contribution is 9.11. The predicted molar refractivity (Wildman–Crippen MR) is 89.0 cm³/mol. The summed E-state index contributed by atoms with van der Waals surface area (Å²) in [6.45, 7) is 3.87. The average Bonchev–Trinajstić information content (AvgIpc) is 2.80. The molecule has 1 N–H and O–H groups in total. The van der Waals surface area contributed by atoms with E-state index in [-0.39, 0.29) is 5.91 Å². The van der Waals surface area contributed by atoms with Gasteiger partial charge in [-0.25, -0.2) is 0 Å². The van der Waals surface area contributed by atoms with Gasteiger partial charge in [0.25, 0.3) is 5.91 Å². The summed E-state index contributed by atoms with van der Waals surface area (Å²) in [5.74, 6) is 1.09. The highest BCUT2D eigenvalue weighted by Crippen LogP contribution is 2.34. The molecule has 1 heterocycles. The van der Waals surface area contributed by atoms with Gasteiger partial charge in [0.15, 0.2) is 11.5 Å². The van der Waals surface area contributed by atoms with Crippen LogP contribution in [0.25, 0.3) is 0 Å². The maximum absolute atomic E-state index is 12.3. The van der Waals surface area contributed by atoms with Crippen molar-refractivity contribution < 1.29 is 14.3 Å². The van der Waals surface area contributed by atoms with E-state index in [1.54, 1.807) is 20.3 Å². The van der Waals surface area contributed by atoms with Crippen LogP contribution in [0.4, 0.5) is 5.69 Å². The van der Waals surface area contributed by atoms with E-state index < -0.39 is 0 Å². The Labute approximate surface area is 136 Å². The molecule has 0 atom stereocenters. The average molecular weight is 370 g/mol. The molecule has 1 aromatic carbocycles. The number of nitrogens with one attached hydrogen (secondary N) is 1. The zero-order chi connectivity index (χ0) is 15.6. The topological polar surface area (TPSA) is 47.6 Å². The Morgan fingerprint density at radius 2 is 1.71 bits per heavy atom. The fourth-order valence-corrected chi connectivity index (χ4v) is 3.30. The monoisotopic (exact) mass is 369 g/mol. The lowest BCUT2D eigenvalue weighted by Crippen LogP contribution is -2.11. The normalized spacial score (nSPS) is 10.3. The van der Waals surface area contributed by atoms with Gasteiger partial charge in [-0.3, -0.25) is 4.79 Å². The summed E-state index contributed by atoms with van der Waals surface area (Å²) in [4.78, 5) is 13.0. The Morgan fingerprint density at radius 3 is 2.24 bits per heavy atom. The molecule has 2 aromatic rings. The Hall–Kier alpha value is -1.53. The molecule has 0 saturated carbocycles. The van der Waals surface area contributed by atoms with Crippen molar-refractivity contribution in [3.8, 4) is 11.5 Å². The van der Waals surface area contributed by atoms with Crippen molar-refractivity contribution in [1.82, 2.24) is 0 Å². The molecule has 6 heteroatoms. The number of hydrogen-bond acceptors (Lipinski definition) is 4. The van der Waals surface area contributed by atoms with E-state index in [0.29, 0.717) is 22.1 Å². The number of thiophene rings is 1. The van der Waals surface area contributed by atoms with Crippen LogP contribution in [0, 0.1) is 13.8 Å². The Kier molecular flexibility index (Phi) is 4.90. The van der Waals surface area contributed by atoms with Crippen molar-refractivity contribution >= 4 is 38.9 Å². The van der Waals surface area contributed by atoms with Crippen LogP contribution in [0.5, 0.6) is 11.5 Å². The number of hydrogen-bond donors (Lipinski definition) is 1. The van der Waals surface area contributed by atoms with E-state index in [1.807, 2.05) is 26.0 Å². The van der Waals surface area contributed by atoms with E-state index in [9.17, 15) is 4.79 Å². The van der Waals surface area contributed by atoms with Crippen molar-refractivity contribution in [1.29, 1.82) is 0 Å². The summed E-state index contributed by atoms with van der Waals surface area (Å²) in [6.07, 6.45) is 0. The molecule has 0 spiro atoms. The lowest BCUT2D eigenvalue weighted by atomic mass is 10.1. The van der Waals surface area contributed by atoms with Crippen molar-refractivity contribution in [2.45, 2.75) is 13.8 Å². The summed E-state index contributed by atoms with van der Waals surface area (Å²) >= 11 is 4.84. The molecule has 4 nitrogen and oxygen atoms in total. The molecule has 112 valence electrons. The zero-order valence-corrected chi connectivity index (χ0v) is 14.6. The Bertz CT molecular complexity index is 662. The lowest BCUT2D eigenvalue weighted by molar-refractivity contribution is 0.103. The molecule has 0 unspecified atom stereocenters. The summed E-state index contributed by atoms with van der Waals surface area (Å²) in [5, 5.41) is 2.91. The number of ether oxygens (including phenoxy) is 2. The molecule has 0 fully saturated rings. The predicted octanol–water partition coefficient (Wildman–Crippen LogP) is 4.40. The number of carbonyl (C=O) groups is 1. The largest absolute Gasteiger partial charge is 0.493 e. The summed E-state index contributed by atoms with van der Waals surface area (Å²) in [7, 11) is 3.15. The summed E-state index contributed by atoms with van der Waals surface area (Å²) < 4.78 is 11.5. The van der Waals surface area contributed by atoms with E-state index in [2.05, 4.69) is 21.2 Å². The Morgan fingerprint density at radius 1 is 1.10 bits per heavy atom. The first kappa shape index (κ1) is 15.9. The first-order valence-corrected chi connectivity index (χ1v) is 7.87. The minimum absolute atomic E-state index is 0.135. The molecule has 21 heavy (non-hydrogen) atoms. The van der Waals surface area contributed by atoms with Gasteiger partial charge < -0.3 is 14.8 Å². The molecular formula is C15H16BrNO3S. The van der Waals surface area contributed by atoms with Gasteiger partial charge in [0.1, 0.15) is 0 Å². The highest BCUT2D eigenvalue weighted by atomic mass is 79.9. The van der Waals surface area contributed by atoms with Crippen LogP contribution in [0.15, 0.2) is 22.0 Å². The number of anilines is 1. The van der Waals surface area contributed by atoms with Gasteiger partial charge in [-0.05, 0) is 53.0 Å². The number of aryl methyl sites for hydroxylation is 2. The van der Waals surface area contributed by atoms with Crippen molar-refractivity contribution in [2.75, 3.05) is 19.5 Å². The van der Waals surface area contributed by atoms with E-state index in [0.717, 1.165) is 14.9 Å². The number of amides is 1. The third-order valence-electron chi connectivity index (χ3n) is 3.06. The SMILES string of the molecule is COc1cc(C)c(NC(=O)c2cc(C)c(Br)s2)cc1OC. The van der Waals surface area contributed by atoms with Crippen LogP contribution in [0.1, 0.15) is 20.8 Å². The van der Waals surface area contributed by atoms with Gasteiger partial charge in [-0.1, -0.05) is 0 Å². The van der Waals surface area contributed by atoms with Crippen LogP contribution in [-0.4, -0.2) is 20.1 Å². The van der Waals surface area contributed by atoms with Gasteiger partial charge in [0, 0.05) is 11.8 Å². The van der Waals surface area contributed by atoms with Crippen LogP contribution < -0.4 is 14.8 Å². The number of rotatable bonds is 4. The number of benzene rings is 1. The van der Waals surface area contributed by atoms with Crippen LogP contribution >= 0.6 is 27.3 Å². The van der Waals surface area contributed by atoms with Crippen molar-refractivity contribution in [3.05, 3.63) is 38.0 Å². The van der Waals surface area contributed by atoms with Gasteiger partial charge in [0.2, 0.25) is 0 Å². The van der Waals surface area contributed by atoms with Gasteiger partial charge >= 0.3 is 0 Å². The zero-order valence-electron chi connectivity index (χ0n) is 12.2. The molecule has 0 aliphatic carbocycles. The quantitative estimate of drug-likeness (QED) is 0.868. The van der Waals surface area contributed by atoms with E-state index in [4.69, 9.17) is 9.47 Å². The molecule has 0 saturated heterocycles. The van der Waals surface area contributed by atoms with Gasteiger partial charge in [-0.2, -0.15) is 0 Å². The van der Waals surface area contributed by atoms with Crippen LogP contribution in [0.2, 0.25) is 0 Å². The Balaban J connectivity index is 2.28. The van der Waals surface area contributed by atoms with E-state index >= 15 is 0 Å². The standard InChI is InChI=1S/C15H16BrNO3S/c1-8-5-11(19-3)12(20-4)7-10(8)17-15(18)13-6-9(2)14(16)21-13/h5-7H,1-4H3,(H,17,18). The summed E-state index contributed by atoms with van der Waals surface area (Å²) in [5.41, 5.74) is 2.67. The van der Waals surface area contributed by atoms with Crippen molar-refractivity contribution in [3.63, 3.8) is 0 Å². The summed E-state index contributed by atoms with van der Waals surface area (Å²) in [6, 6.07) is 5.46. The van der Waals surface area contributed by atoms with Crippen molar-refractivity contribution in [2.24, 2.45) is 0 Å². The minimum Gasteiger partial charge on any atom is -0.493 e. The van der Waals surface area contributed by atoms with Gasteiger partial charge in [0.05, 0.1) is 22.9 Å².